The van der Waals surface area contributed by atoms with Crippen molar-refractivity contribution in [3.63, 3.8) is 0 Å². The molecule has 40 heavy (non-hydrogen) atoms. The van der Waals surface area contributed by atoms with Crippen LogP contribution in [0, 0.1) is 31.6 Å². The zero-order valence-corrected chi connectivity index (χ0v) is 24.3. The molecule has 7 atom stereocenters. The van der Waals surface area contributed by atoms with Crippen molar-refractivity contribution in [3.05, 3.63) is 54.6 Å². The van der Waals surface area contributed by atoms with E-state index >= 15 is 0 Å². The molecule has 2 unspecified atom stereocenters. The first-order chi connectivity index (χ1) is 19.2. The van der Waals surface area contributed by atoms with E-state index in [2.05, 4.69) is 13.2 Å². The molecule has 0 saturated carbocycles. The first-order valence-corrected chi connectivity index (χ1v) is 14.5. The summed E-state index contributed by atoms with van der Waals surface area (Å²) in [6.07, 6.45) is 6.08. The van der Waals surface area contributed by atoms with Gasteiger partial charge in [0, 0.05) is 12.2 Å². The van der Waals surface area contributed by atoms with E-state index in [1.54, 1.807) is 22.0 Å². The summed E-state index contributed by atoms with van der Waals surface area (Å²) in [7, 11) is 0. The van der Waals surface area contributed by atoms with Gasteiger partial charge in [0.2, 0.25) is 5.91 Å². The first-order valence-electron chi connectivity index (χ1n) is 14.5. The van der Waals surface area contributed by atoms with E-state index in [-0.39, 0.29) is 37.5 Å². The van der Waals surface area contributed by atoms with E-state index in [0.29, 0.717) is 25.7 Å². The Balaban J connectivity index is 1.80. The number of fused-ring (bicyclic) bond motifs is 1. The highest BCUT2D eigenvalue weighted by Gasteiger charge is 2.75. The molecule has 3 aliphatic heterocycles. The number of aliphatic hydroxyl groups is 1. The number of aryl methyl sites for hydroxylation is 2. The summed E-state index contributed by atoms with van der Waals surface area (Å²) >= 11 is 0. The van der Waals surface area contributed by atoms with E-state index in [4.69, 9.17) is 9.47 Å². The SMILES string of the molecule is C=CCCCOC(=O)[C@@H]1[C@@H]2CCC3(O2)C(C(=O)N(CC=C)c2c(C)cccc2C)N([C@@H](CO)[C@@H](C)CC)C(=O)[C@H]13. The third-order valence-electron chi connectivity index (χ3n) is 9.17. The van der Waals surface area contributed by atoms with Crippen LogP contribution in [0.15, 0.2) is 43.5 Å². The molecule has 1 aromatic carbocycles. The fourth-order valence-electron chi connectivity index (χ4n) is 7.11. The van der Waals surface area contributed by atoms with Gasteiger partial charge in [0.15, 0.2) is 0 Å². The number of likely N-dealkylation sites (tertiary alicyclic amines) is 1. The Morgan fingerprint density at radius 2 is 1.98 bits per heavy atom. The molecule has 0 aliphatic carbocycles. The van der Waals surface area contributed by atoms with Crippen molar-refractivity contribution in [2.45, 2.75) is 83.6 Å². The number of amides is 2. The van der Waals surface area contributed by atoms with Crippen LogP contribution in [-0.4, -0.2) is 71.3 Å². The highest BCUT2D eigenvalue weighted by Crippen LogP contribution is 2.59. The largest absolute Gasteiger partial charge is 0.465 e. The number of esters is 1. The summed E-state index contributed by atoms with van der Waals surface area (Å²) in [4.78, 5) is 45.8. The average molecular weight is 553 g/mol. The number of anilines is 1. The number of para-hydroxylation sites is 1. The predicted octanol–water partition coefficient (Wildman–Crippen LogP) is 4.11. The number of hydrogen-bond donors (Lipinski definition) is 1. The Morgan fingerprint density at radius 1 is 1.27 bits per heavy atom. The molecule has 3 aliphatic rings. The second kappa shape index (κ2) is 12.3. The molecule has 2 bridgehead atoms. The number of allylic oxidation sites excluding steroid dienone is 1. The molecule has 3 heterocycles. The van der Waals surface area contributed by atoms with Crippen LogP contribution in [0.2, 0.25) is 0 Å². The Morgan fingerprint density at radius 3 is 2.58 bits per heavy atom. The van der Waals surface area contributed by atoms with Gasteiger partial charge < -0.3 is 24.4 Å². The third kappa shape index (κ3) is 4.90. The van der Waals surface area contributed by atoms with Crippen molar-refractivity contribution >= 4 is 23.5 Å². The maximum atomic E-state index is 14.8. The lowest BCUT2D eigenvalue weighted by Crippen LogP contribution is -2.60. The molecule has 1 aromatic rings. The number of nitrogens with zero attached hydrogens (tertiary/aromatic N) is 2. The molecule has 4 rings (SSSR count). The molecular weight excluding hydrogens is 508 g/mol. The summed E-state index contributed by atoms with van der Waals surface area (Å²) < 4.78 is 12.2. The number of aliphatic hydroxyl groups excluding tert-OH is 1. The van der Waals surface area contributed by atoms with Gasteiger partial charge in [-0.05, 0) is 56.6 Å². The summed E-state index contributed by atoms with van der Waals surface area (Å²) in [5, 5.41) is 10.5. The minimum atomic E-state index is -1.17. The van der Waals surface area contributed by atoms with Gasteiger partial charge in [-0.25, -0.2) is 0 Å². The second-order valence-corrected chi connectivity index (χ2v) is 11.5. The number of ether oxygens (including phenoxy) is 2. The molecular formula is C32H44N2O6. The van der Waals surface area contributed by atoms with E-state index in [1.165, 1.54) is 0 Å². The van der Waals surface area contributed by atoms with Gasteiger partial charge in [0.25, 0.3) is 5.91 Å². The average Bonchev–Trinajstić information content (AvgIpc) is 3.58. The Hall–Kier alpha value is -2.97. The number of benzene rings is 1. The van der Waals surface area contributed by atoms with Gasteiger partial charge in [0.05, 0.1) is 37.2 Å². The van der Waals surface area contributed by atoms with Crippen molar-refractivity contribution in [1.29, 1.82) is 0 Å². The second-order valence-electron chi connectivity index (χ2n) is 11.5. The van der Waals surface area contributed by atoms with Gasteiger partial charge in [0.1, 0.15) is 11.6 Å². The lowest BCUT2D eigenvalue weighted by molar-refractivity contribution is -0.156. The Kier molecular flexibility index (Phi) is 9.20. The molecule has 3 saturated heterocycles. The maximum absolute atomic E-state index is 14.8. The number of carbonyl (C=O) groups is 3. The first kappa shape index (κ1) is 30.0. The van der Waals surface area contributed by atoms with Crippen LogP contribution in [-0.2, 0) is 23.9 Å². The summed E-state index contributed by atoms with van der Waals surface area (Å²) in [6, 6.07) is 4.27. The van der Waals surface area contributed by atoms with Gasteiger partial charge in [-0.3, -0.25) is 14.4 Å². The zero-order valence-electron chi connectivity index (χ0n) is 24.3. The highest BCUT2D eigenvalue weighted by molar-refractivity contribution is 6.05. The van der Waals surface area contributed by atoms with E-state index in [9.17, 15) is 19.5 Å². The van der Waals surface area contributed by atoms with Crippen LogP contribution in [0.5, 0.6) is 0 Å². The van der Waals surface area contributed by atoms with Crippen LogP contribution in [0.3, 0.4) is 0 Å². The monoisotopic (exact) mass is 552 g/mol. The maximum Gasteiger partial charge on any atom is 0.312 e. The van der Waals surface area contributed by atoms with E-state index in [0.717, 1.165) is 23.2 Å². The normalized spacial score (nSPS) is 28.2. The lowest BCUT2D eigenvalue weighted by atomic mass is 9.70. The number of unbranched alkanes of at least 4 members (excludes halogenated alkanes) is 1. The molecule has 0 radical (unpaired) electrons. The molecule has 0 aromatic heterocycles. The summed E-state index contributed by atoms with van der Waals surface area (Å²) in [6.45, 7) is 15.7. The van der Waals surface area contributed by atoms with Crippen LogP contribution >= 0.6 is 0 Å². The third-order valence-corrected chi connectivity index (χ3v) is 9.17. The fourth-order valence-corrected chi connectivity index (χ4v) is 7.11. The lowest BCUT2D eigenvalue weighted by Gasteiger charge is -2.41. The Labute approximate surface area is 238 Å². The minimum Gasteiger partial charge on any atom is -0.465 e. The number of hydrogen-bond acceptors (Lipinski definition) is 6. The molecule has 8 nitrogen and oxygen atoms in total. The van der Waals surface area contributed by atoms with Gasteiger partial charge in [-0.2, -0.15) is 0 Å². The van der Waals surface area contributed by atoms with Crippen molar-refractivity contribution in [2.75, 3.05) is 24.7 Å². The van der Waals surface area contributed by atoms with Crippen molar-refractivity contribution < 1.29 is 29.0 Å². The number of rotatable bonds is 13. The molecule has 1 N–H and O–H groups in total. The van der Waals surface area contributed by atoms with Gasteiger partial charge >= 0.3 is 5.97 Å². The van der Waals surface area contributed by atoms with E-state index in [1.807, 2.05) is 45.9 Å². The summed E-state index contributed by atoms with van der Waals surface area (Å²) in [5.41, 5.74) is 1.46. The van der Waals surface area contributed by atoms with Crippen molar-refractivity contribution in [3.8, 4) is 0 Å². The highest BCUT2D eigenvalue weighted by atomic mass is 16.6. The molecule has 2 amide bonds. The minimum absolute atomic E-state index is 0.0750. The smallest absolute Gasteiger partial charge is 0.312 e. The molecule has 3 fully saturated rings. The van der Waals surface area contributed by atoms with Gasteiger partial charge in [-0.15, -0.1) is 13.2 Å². The van der Waals surface area contributed by atoms with Crippen molar-refractivity contribution in [2.24, 2.45) is 17.8 Å². The topological polar surface area (TPSA) is 96.4 Å². The summed E-state index contributed by atoms with van der Waals surface area (Å²) in [5.74, 6) is -2.75. The van der Waals surface area contributed by atoms with Crippen LogP contribution in [0.4, 0.5) is 5.69 Å². The zero-order chi connectivity index (χ0) is 29.2. The van der Waals surface area contributed by atoms with Crippen molar-refractivity contribution in [1.82, 2.24) is 4.90 Å². The van der Waals surface area contributed by atoms with Crippen LogP contribution in [0.1, 0.15) is 57.1 Å². The quantitative estimate of drug-likeness (QED) is 0.225. The van der Waals surface area contributed by atoms with Crippen LogP contribution < -0.4 is 4.90 Å². The van der Waals surface area contributed by atoms with Crippen LogP contribution in [0.25, 0.3) is 0 Å². The molecule has 8 heteroatoms. The molecule has 218 valence electrons. The van der Waals surface area contributed by atoms with Gasteiger partial charge in [-0.1, -0.05) is 50.6 Å². The molecule has 1 spiro atoms. The standard InChI is InChI=1S/C32H44N2O6/c1-7-10-11-18-39-31(38)25-24-15-16-32(40-24)26(25)29(36)34(23(19-35)20(4)9-3)28(32)30(37)33(17-8-2)27-21(5)13-12-14-22(27)6/h7-8,12-14,20,23-26,28,35H,1-2,9-11,15-19H2,3-6H3/t20-,23-,24-,25+,26-,28?,32?/m0/s1. The Bertz CT molecular complexity index is 1130. The fraction of sp³-hybridized carbons (Fsp3) is 0.594. The van der Waals surface area contributed by atoms with E-state index < -0.39 is 41.6 Å². The predicted molar refractivity (Wildman–Crippen MR) is 154 cm³/mol. The number of carbonyl (C=O) groups excluding carboxylic acids is 3.